The van der Waals surface area contributed by atoms with Crippen LogP contribution in [0.5, 0.6) is 5.75 Å². The molecule has 4 heteroatoms. The number of nitrogens with one attached hydrogen (secondary N) is 1. The maximum Gasteiger partial charge on any atom is 0.120 e. The van der Waals surface area contributed by atoms with Gasteiger partial charge in [0, 0.05) is 9.50 Å². The van der Waals surface area contributed by atoms with E-state index in [1.807, 2.05) is 38.2 Å². The molecule has 0 aromatic heterocycles. The lowest BCUT2D eigenvalue weighted by molar-refractivity contribution is 0.414. The Hall–Kier alpha value is -1.03. The van der Waals surface area contributed by atoms with Crippen LogP contribution in [0.15, 0.2) is 40.9 Å². The lowest BCUT2D eigenvalue weighted by atomic mass is 9.97. The predicted octanol–water partition coefficient (Wildman–Crippen LogP) is 4.73. The fraction of sp³-hybridized carbons (Fsp3) is 0.250. The van der Waals surface area contributed by atoms with Crippen LogP contribution in [-0.4, -0.2) is 14.2 Å². The van der Waals surface area contributed by atoms with E-state index in [1.54, 1.807) is 7.11 Å². The molecule has 0 saturated carbocycles. The molecule has 0 aliphatic carbocycles. The minimum Gasteiger partial charge on any atom is -0.497 e. The van der Waals surface area contributed by atoms with Crippen molar-refractivity contribution in [2.75, 3.05) is 14.2 Å². The van der Waals surface area contributed by atoms with Crippen molar-refractivity contribution < 1.29 is 4.74 Å². The largest absolute Gasteiger partial charge is 0.497 e. The molecule has 0 aliphatic heterocycles. The summed E-state index contributed by atoms with van der Waals surface area (Å²) >= 11 is 9.78. The summed E-state index contributed by atoms with van der Waals surface area (Å²) in [6.45, 7) is 2.05. The zero-order valence-corrected chi connectivity index (χ0v) is 14.0. The molecular formula is C16H17BrClNO. The minimum atomic E-state index is 0.0766. The SMILES string of the molecule is CNC(c1cc(C)cc(Cl)c1)c1ccc(OC)cc1Br. The maximum atomic E-state index is 6.17. The van der Waals surface area contributed by atoms with Gasteiger partial charge in [-0.25, -0.2) is 0 Å². The van der Waals surface area contributed by atoms with Crippen molar-refractivity contribution in [3.63, 3.8) is 0 Å². The van der Waals surface area contributed by atoms with Gasteiger partial charge in [-0.2, -0.15) is 0 Å². The predicted molar refractivity (Wildman–Crippen MR) is 87.8 cm³/mol. The number of aryl methyl sites for hydroxylation is 1. The highest BCUT2D eigenvalue weighted by Gasteiger charge is 2.16. The van der Waals surface area contributed by atoms with Gasteiger partial charge in [0.1, 0.15) is 5.75 Å². The fourth-order valence-electron chi connectivity index (χ4n) is 2.30. The Morgan fingerprint density at radius 1 is 1.20 bits per heavy atom. The Bertz CT molecular complexity index is 595. The Morgan fingerprint density at radius 2 is 1.95 bits per heavy atom. The van der Waals surface area contributed by atoms with E-state index in [-0.39, 0.29) is 6.04 Å². The first-order valence-corrected chi connectivity index (χ1v) is 7.50. The first-order valence-electron chi connectivity index (χ1n) is 6.33. The Labute approximate surface area is 133 Å². The molecule has 0 fully saturated rings. The average molecular weight is 355 g/mol. The van der Waals surface area contributed by atoms with Crippen LogP contribution >= 0.6 is 27.5 Å². The van der Waals surface area contributed by atoms with E-state index in [4.69, 9.17) is 16.3 Å². The topological polar surface area (TPSA) is 21.3 Å². The summed E-state index contributed by atoms with van der Waals surface area (Å²) in [5.74, 6) is 0.831. The Balaban J connectivity index is 2.46. The molecule has 0 amide bonds. The van der Waals surface area contributed by atoms with E-state index in [0.29, 0.717) is 0 Å². The second-order valence-corrected chi connectivity index (χ2v) is 5.96. The van der Waals surface area contributed by atoms with Crippen LogP contribution in [0.2, 0.25) is 5.02 Å². The van der Waals surface area contributed by atoms with Crippen molar-refractivity contribution in [3.05, 3.63) is 62.6 Å². The van der Waals surface area contributed by atoms with Crippen LogP contribution in [0, 0.1) is 6.92 Å². The highest BCUT2D eigenvalue weighted by atomic mass is 79.9. The van der Waals surface area contributed by atoms with Crippen molar-refractivity contribution in [2.24, 2.45) is 0 Å². The zero-order chi connectivity index (χ0) is 14.7. The quantitative estimate of drug-likeness (QED) is 0.857. The monoisotopic (exact) mass is 353 g/mol. The van der Waals surface area contributed by atoms with Gasteiger partial charge in [0.15, 0.2) is 0 Å². The number of hydrogen-bond donors (Lipinski definition) is 1. The molecule has 1 N–H and O–H groups in total. The van der Waals surface area contributed by atoms with Gasteiger partial charge in [0.05, 0.1) is 13.2 Å². The molecule has 2 nitrogen and oxygen atoms in total. The van der Waals surface area contributed by atoms with Crippen molar-refractivity contribution >= 4 is 27.5 Å². The summed E-state index contributed by atoms with van der Waals surface area (Å²) in [6, 6.07) is 12.2. The molecule has 1 unspecified atom stereocenters. The van der Waals surface area contributed by atoms with E-state index in [2.05, 4.69) is 33.4 Å². The van der Waals surface area contributed by atoms with Gasteiger partial charge in [-0.1, -0.05) is 39.7 Å². The van der Waals surface area contributed by atoms with E-state index in [1.165, 1.54) is 0 Å². The third-order valence-corrected chi connectivity index (χ3v) is 4.11. The van der Waals surface area contributed by atoms with Gasteiger partial charge >= 0.3 is 0 Å². The molecule has 0 bridgehead atoms. The summed E-state index contributed by atoms with van der Waals surface area (Å²) in [5, 5.41) is 4.09. The Morgan fingerprint density at radius 3 is 2.50 bits per heavy atom. The summed E-state index contributed by atoms with van der Waals surface area (Å²) < 4.78 is 6.24. The molecule has 0 saturated heterocycles. The average Bonchev–Trinajstić information content (AvgIpc) is 2.40. The van der Waals surface area contributed by atoms with Crippen LogP contribution in [0.1, 0.15) is 22.7 Å². The molecule has 1 atom stereocenters. The van der Waals surface area contributed by atoms with Gasteiger partial charge in [-0.15, -0.1) is 0 Å². The lowest BCUT2D eigenvalue weighted by Gasteiger charge is -2.20. The van der Waals surface area contributed by atoms with Crippen molar-refractivity contribution in [2.45, 2.75) is 13.0 Å². The second kappa shape index (κ2) is 6.61. The summed E-state index contributed by atoms with van der Waals surface area (Å²) in [7, 11) is 3.61. The number of hydrogen-bond acceptors (Lipinski definition) is 2. The molecule has 0 heterocycles. The van der Waals surface area contributed by atoms with E-state index >= 15 is 0 Å². The van der Waals surface area contributed by atoms with Gasteiger partial charge in [0.2, 0.25) is 0 Å². The molecule has 20 heavy (non-hydrogen) atoms. The number of benzene rings is 2. The smallest absolute Gasteiger partial charge is 0.120 e. The molecule has 0 aliphatic rings. The molecular weight excluding hydrogens is 338 g/mol. The van der Waals surface area contributed by atoms with Crippen LogP contribution < -0.4 is 10.1 Å². The van der Waals surface area contributed by atoms with Gasteiger partial charge < -0.3 is 10.1 Å². The summed E-state index contributed by atoms with van der Waals surface area (Å²) in [6.07, 6.45) is 0. The number of methoxy groups -OCH3 is 1. The lowest BCUT2D eigenvalue weighted by Crippen LogP contribution is -2.18. The third kappa shape index (κ3) is 3.35. The molecule has 2 rings (SSSR count). The van der Waals surface area contributed by atoms with Crippen molar-refractivity contribution in [1.29, 1.82) is 0 Å². The zero-order valence-electron chi connectivity index (χ0n) is 11.7. The van der Waals surface area contributed by atoms with E-state index < -0.39 is 0 Å². The first-order chi connectivity index (χ1) is 9.55. The second-order valence-electron chi connectivity index (χ2n) is 4.67. The minimum absolute atomic E-state index is 0.0766. The van der Waals surface area contributed by atoms with Crippen LogP contribution in [0.25, 0.3) is 0 Å². The van der Waals surface area contributed by atoms with Gasteiger partial charge in [0.25, 0.3) is 0 Å². The van der Waals surface area contributed by atoms with Crippen LogP contribution in [-0.2, 0) is 0 Å². The summed E-state index contributed by atoms with van der Waals surface area (Å²) in [4.78, 5) is 0. The van der Waals surface area contributed by atoms with Crippen molar-refractivity contribution in [1.82, 2.24) is 5.32 Å². The highest BCUT2D eigenvalue weighted by molar-refractivity contribution is 9.10. The standard InChI is InChI=1S/C16H17BrClNO/c1-10-6-11(8-12(18)7-10)16(19-2)14-5-4-13(20-3)9-15(14)17/h4-9,16,19H,1-3H3. The van der Waals surface area contributed by atoms with Gasteiger partial charge in [-0.05, 0) is 54.9 Å². The van der Waals surface area contributed by atoms with Crippen LogP contribution in [0.3, 0.4) is 0 Å². The Kier molecular flexibility index (Phi) is 5.08. The number of halogens is 2. The molecule has 2 aromatic rings. The molecule has 106 valence electrons. The maximum absolute atomic E-state index is 6.17. The van der Waals surface area contributed by atoms with E-state index in [9.17, 15) is 0 Å². The first kappa shape index (κ1) is 15.4. The molecule has 0 spiro atoms. The normalized spacial score (nSPS) is 12.2. The molecule has 0 radical (unpaired) electrons. The molecule has 2 aromatic carbocycles. The number of ether oxygens (including phenoxy) is 1. The van der Waals surface area contributed by atoms with Crippen LogP contribution in [0.4, 0.5) is 0 Å². The fourth-order valence-corrected chi connectivity index (χ4v) is 3.19. The van der Waals surface area contributed by atoms with Gasteiger partial charge in [-0.3, -0.25) is 0 Å². The summed E-state index contributed by atoms with van der Waals surface area (Å²) in [5.41, 5.74) is 3.44. The number of rotatable bonds is 4. The third-order valence-electron chi connectivity index (χ3n) is 3.21. The highest BCUT2D eigenvalue weighted by Crippen LogP contribution is 2.32. The van der Waals surface area contributed by atoms with Crippen molar-refractivity contribution in [3.8, 4) is 5.75 Å². The van der Waals surface area contributed by atoms with E-state index in [0.717, 1.165) is 31.9 Å².